The molecule has 0 fully saturated rings. The van der Waals surface area contributed by atoms with Crippen LogP contribution in [0, 0.1) is 6.92 Å². The summed E-state index contributed by atoms with van der Waals surface area (Å²) in [5.41, 5.74) is 2.40. The third kappa shape index (κ3) is 2.63. The Balaban J connectivity index is 2.36. The van der Waals surface area contributed by atoms with Crippen molar-refractivity contribution in [1.29, 1.82) is 0 Å². The molecule has 0 saturated heterocycles. The number of halogens is 1. The lowest BCUT2D eigenvalue weighted by atomic mass is 10.0. The van der Waals surface area contributed by atoms with Crippen LogP contribution in [0.25, 0.3) is 0 Å². The van der Waals surface area contributed by atoms with E-state index in [1.165, 1.54) is 0 Å². The van der Waals surface area contributed by atoms with Crippen LogP contribution >= 0.6 is 11.6 Å². The largest absolute Gasteiger partial charge is 0.495 e. The molecule has 1 aromatic carbocycles. The minimum absolute atomic E-state index is 0.527. The molecule has 0 aliphatic heterocycles. The number of aryl methyl sites for hydroxylation is 1. The number of hydrogen-bond donors (Lipinski definition) is 1. The summed E-state index contributed by atoms with van der Waals surface area (Å²) in [6.45, 7) is 1.89. The minimum Gasteiger partial charge on any atom is -0.495 e. The summed E-state index contributed by atoms with van der Waals surface area (Å²) in [6, 6.07) is 8.88. The molecule has 0 spiro atoms. The number of hydrogen-bond acceptors (Lipinski definition) is 3. The second kappa shape index (κ2) is 5.38. The second-order valence-corrected chi connectivity index (χ2v) is 4.43. The standard InChI is InChI=1S/C14H14ClNO2/c1-9-7-11(5-6-16-9)14(17)10-3-4-12(15)13(8-10)18-2/h3-8,14,17H,1-2H3. The molecule has 2 aromatic rings. The lowest BCUT2D eigenvalue weighted by Crippen LogP contribution is -2.01. The van der Waals surface area contributed by atoms with Crippen LogP contribution < -0.4 is 4.74 Å². The van der Waals surface area contributed by atoms with E-state index in [2.05, 4.69) is 4.98 Å². The Hall–Kier alpha value is -1.58. The predicted molar refractivity (Wildman–Crippen MR) is 71.0 cm³/mol. The van der Waals surface area contributed by atoms with Gasteiger partial charge in [-0.3, -0.25) is 4.98 Å². The monoisotopic (exact) mass is 263 g/mol. The van der Waals surface area contributed by atoms with Gasteiger partial charge in [0, 0.05) is 11.9 Å². The van der Waals surface area contributed by atoms with Gasteiger partial charge in [-0.1, -0.05) is 17.7 Å². The van der Waals surface area contributed by atoms with E-state index < -0.39 is 6.10 Å². The number of methoxy groups -OCH3 is 1. The van der Waals surface area contributed by atoms with Crippen LogP contribution in [0.5, 0.6) is 5.75 Å². The topological polar surface area (TPSA) is 42.4 Å². The fraction of sp³-hybridized carbons (Fsp3) is 0.214. The van der Waals surface area contributed by atoms with E-state index in [1.807, 2.05) is 13.0 Å². The number of aliphatic hydroxyl groups excluding tert-OH is 1. The molecule has 4 heteroatoms. The first kappa shape index (κ1) is 12.9. The molecule has 0 radical (unpaired) electrons. The van der Waals surface area contributed by atoms with Crippen molar-refractivity contribution >= 4 is 11.6 Å². The molecule has 1 unspecified atom stereocenters. The molecule has 94 valence electrons. The maximum Gasteiger partial charge on any atom is 0.137 e. The summed E-state index contributed by atoms with van der Waals surface area (Å²) in [5.74, 6) is 0.555. The number of benzene rings is 1. The van der Waals surface area contributed by atoms with Crippen molar-refractivity contribution in [3.05, 3.63) is 58.4 Å². The van der Waals surface area contributed by atoms with Gasteiger partial charge in [-0.15, -0.1) is 0 Å². The molecule has 0 saturated carbocycles. The molecule has 18 heavy (non-hydrogen) atoms. The van der Waals surface area contributed by atoms with Crippen LogP contribution in [-0.4, -0.2) is 17.2 Å². The van der Waals surface area contributed by atoms with Crippen molar-refractivity contribution in [2.75, 3.05) is 7.11 Å². The normalized spacial score (nSPS) is 12.2. The van der Waals surface area contributed by atoms with Gasteiger partial charge in [-0.05, 0) is 42.3 Å². The molecule has 3 nitrogen and oxygen atoms in total. The summed E-state index contributed by atoms with van der Waals surface area (Å²) in [4.78, 5) is 4.11. The Labute approximate surface area is 111 Å². The number of aliphatic hydroxyl groups is 1. The smallest absolute Gasteiger partial charge is 0.137 e. The molecule has 2 rings (SSSR count). The molecule has 1 N–H and O–H groups in total. The highest BCUT2D eigenvalue weighted by Crippen LogP contribution is 2.30. The van der Waals surface area contributed by atoms with Crippen LogP contribution in [0.4, 0.5) is 0 Å². The zero-order valence-corrected chi connectivity index (χ0v) is 11.0. The first-order chi connectivity index (χ1) is 8.61. The van der Waals surface area contributed by atoms with E-state index in [0.717, 1.165) is 16.8 Å². The van der Waals surface area contributed by atoms with Crippen molar-refractivity contribution in [3.8, 4) is 5.75 Å². The SMILES string of the molecule is COc1cc(C(O)c2ccnc(C)c2)ccc1Cl. The first-order valence-corrected chi connectivity index (χ1v) is 5.93. The number of pyridine rings is 1. The van der Waals surface area contributed by atoms with Crippen LogP contribution in [0.15, 0.2) is 36.5 Å². The third-order valence-electron chi connectivity index (χ3n) is 2.73. The number of nitrogens with zero attached hydrogens (tertiary/aromatic N) is 1. The van der Waals surface area contributed by atoms with Gasteiger partial charge in [-0.2, -0.15) is 0 Å². The number of aromatic nitrogens is 1. The van der Waals surface area contributed by atoms with Gasteiger partial charge in [-0.25, -0.2) is 0 Å². The van der Waals surface area contributed by atoms with E-state index in [-0.39, 0.29) is 0 Å². The fourth-order valence-corrected chi connectivity index (χ4v) is 1.97. The first-order valence-electron chi connectivity index (χ1n) is 5.56. The fourth-order valence-electron chi connectivity index (χ4n) is 1.78. The second-order valence-electron chi connectivity index (χ2n) is 4.03. The van der Waals surface area contributed by atoms with Crippen molar-refractivity contribution in [3.63, 3.8) is 0 Å². The van der Waals surface area contributed by atoms with Gasteiger partial charge in [0.25, 0.3) is 0 Å². The Bertz CT molecular complexity index is 557. The highest BCUT2D eigenvalue weighted by Gasteiger charge is 2.13. The van der Waals surface area contributed by atoms with E-state index >= 15 is 0 Å². The highest BCUT2D eigenvalue weighted by atomic mass is 35.5. The van der Waals surface area contributed by atoms with Crippen molar-refractivity contribution in [2.24, 2.45) is 0 Å². The Morgan fingerprint density at radius 1 is 1.22 bits per heavy atom. The summed E-state index contributed by atoms with van der Waals surface area (Å²) >= 11 is 5.96. The van der Waals surface area contributed by atoms with Gasteiger partial charge < -0.3 is 9.84 Å². The Kier molecular flexibility index (Phi) is 3.84. The molecular weight excluding hydrogens is 250 g/mol. The minimum atomic E-state index is -0.710. The van der Waals surface area contributed by atoms with Gasteiger partial charge in [0.2, 0.25) is 0 Å². The molecule has 1 aromatic heterocycles. The highest BCUT2D eigenvalue weighted by molar-refractivity contribution is 6.32. The predicted octanol–water partition coefficient (Wildman–Crippen LogP) is 3.13. The summed E-state index contributed by atoms with van der Waals surface area (Å²) < 4.78 is 5.14. The third-order valence-corrected chi connectivity index (χ3v) is 3.04. The average Bonchev–Trinajstić information content (AvgIpc) is 2.38. The number of ether oxygens (including phenoxy) is 1. The van der Waals surface area contributed by atoms with Crippen LogP contribution in [0.3, 0.4) is 0 Å². The molecular formula is C14H14ClNO2. The maximum absolute atomic E-state index is 10.3. The Morgan fingerprint density at radius 3 is 2.61 bits per heavy atom. The molecule has 0 amide bonds. The average molecular weight is 264 g/mol. The quantitative estimate of drug-likeness (QED) is 0.925. The van der Waals surface area contributed by atoms with Gasteiger partial charge in [0.05, 0.1) is 12.1 Å². The molecule has 0 aliphatic rings. The van der Waals surface area contributed by atoms with Gasteiger partial charge in [0.15, 0.2) is 0 Å². The molecule has 1 atom stereocenters. The maximum atomic E-state index is 10.3. The van der Waals surface area contributed by atoms with E-state index in [4.69, 9.17) is 16.3 Å². The summed E-state index contributed by atoms with van der Waals surface area (Å²) in [7, 11) is 1.55. The number of rotatable bonds is 3. The van der Waals surface area contributed by atoms with Gasteiger partial charge >= 0.3 is 0 Å². The van der Waals surface area contributed by atoms with Crippen LogP contribution in [-0.2, 0) is 0 Å². The molecule has 0 aliphatic carbocycles. The van der Waals surface area contributed by atoms with Crippen LogP contribution in [0.1, 0.15) is 22.9 Å². The Morgan fingerprint density at radius 2 is 1.94 bits per heavy atom. The summed E-state index contributed by atoms with van der Waals surface area (Å²) in [6.07, 6.45) is 0.971. The van der Waals surface area contributed by atoms with E-state index in [1.54, 1.807) is 37.6 Å². The zero-order chi connectivity index (χ0) is 13.1. The zero-order valence-electron chi connectivity index (χ0n) is 10.2. The lowest BCUT2D eigenvalue weighted by Gasteiger charge is -2.13. The van der Waals surface area contributed by atoms with Crippen molar-refractivity contribution < 1.29 is 9.84 Å². The van der Waals surface area contributed by atoms with Crippen molar-refractivity contribution in [2.45, 2.75) is 13.0 Å². The molecule has 0 bridgehead atoms. The van der Waals surface area contributed by atoms with Crippen LogP contribution in [0.2, 0.25) is 5.02 Å². The molecule has 1 heterocycles. The lowest BCUT2D eigenvalue weighted by molar-refractivity contribution is 0.219. The van der Waals surface area contributed by atoms with Gasteiger partial charge in [0.1, 0.15) is 11.9 Å². The van der Waals surface area contributed by atoms with Crippen molar-refractivity contribution in [1.82, 2.24) is 4.98 Å². The van der Waals surface area contributed by atoms with E-state index in [9.17, 15) is 5.11 Å². The van der Waals surface area contributed by atoms with E-state index in [0.29, 0.717) is 10.8 Å². The summed E-state index contributed by atoms with van der Waals surface area (Å²) in [5, 5.41) is 10.8.